The maximum absolute atomic E-state index is 12.3. The number of amides is 1. The summed E-state index contributed by atoms with van der Waals surface area (Å²) >= 11 is 0. The van der Waals surface area contributed by atoms with Crippen LogP contribution in [0.25, 0.3) is 11.0 Å². The Bertz CT molecular complexity index is 1030. The van der Waals surface area contributed by atoms with E-state index in [1.165, 1.54) is 6.33 Å². The first-order chi connectivity index (χ1) is 14.8. The summed E-state index contributed by atoms with van der Waals surface area (Å²) in [5.74, 6) is 3.20. The van der Waals surface area contributed by atoms with Gasteiger partial charge in [-0.2, -0.15) is 13.2 Å². The van der Waals surface area contributed by atoms with Crippen molar-refractivity contribution < 1.29 is 32.5 Å². The number of carbonyl (C=O) groups excluding carboxylic acids is 1. The first-order valence-electron chi connectivity index (χ1n) is 9.20. The molecule has 3 heterocycles. The molecule has 3 rings (SSSR count). The predicted octanol–water partition coefficient (Wildman–Crippen LogP) is 0.895. The van der Waals surface area contributed by atoms with Crippen molar-refractivity contribution in [1.82, 2.24) is 19.9 Å². The SMILES string of the molecule is C=CCO[C@@H]1C[C@H](n2cc(C#CCNC(=O)C(F)(F)F)c3c(N)ncnc32)O[C@@H]1CO. The van der Waals surface area contributed by atoms with E-state index in [2.05, 4.69) is 28.4 Å². The van der Waals surface area contributed by atoms with Crippen molar-refractivity contribution in [3.05, 3.63) is 30.7 Å². The Labute approximate surface area is 175 Å². The fourth-order valence-corrected chi connectivity index (χ4v) is 3.19. The highest BCUT2D eigenvalue weighted by Gasteiger charge is 2.38. The molecular weight excluding hydrogens is 419 g/mol. The molecule has 9 nitrogen and oxygen atoms in total. The van der Waals surface area contributed by atoms with Crippen LogP contribution in [0.1, 0.15) is 18.2 Å². The number of rotatable bonds is 6. The summed E-state index contributed by atoms with van der Waals surface area (Å²) in [5.41, 5.74) is 6.72. The average Bonchev–Trinajstić information content (AvgIpc) is 3.30. The van der Waals surface area contributed by atoms with Gasteiger partial charge in [-0.25, -0.2) is 9.97 Å². The van der Waals surface area contributed by atoms with Gasteiger partial charge in [0.1, 0.15) is 30.1 Å². The maximum Gasteiger partial charge on any atom is 0.471 e. The number of alkyl halides is 3. The summed E-state index contributed by atoms with van der Waals surface area (Å²) < 4.78 is 50.0. The molecule has 31 heavy (non-hydrogen) atoms. The quantitative estimate of drug-likeness (QED) is 0.451. The molecule has 2 aromatic rings. The first-order valence-corrected chi connectivity index (χ1v) is 9.20. The van der Waals surface area contributed by atoms with Gasteiger partial charge in [-0.1, -0.05) is 17.9 Å². The van der Waals surface area contributed by atoms with Gasteiger partial charge in [0.05, 0.1) is 36.8 Å². The smallest absolute Gasteiger partial charge is 0.394 e. The average molecular weight is 439 g/mol. The molecule has 0 aliphatic carbocycles. The highest BCUT2D eigenvalue weighted by molar-refractivity contribution is 5.92. The number of carbonyl (C=O) groups is 1. The van der Waals surface area contributed by atoms with Gasteiger partial charge >= 0.3 is 12.1 Å². The summed E-state index contributed by atoms with van der Waals surface area (Å²) in [5, 5.41) is 11.7. The van der Waals surface area contributed by atoms with Gasteiger partial charge in [-0.15, -0.1) is 6.58 Å². The van der Waals surface area contributed by atoms with Gasteiger partial charge in [0, 0.05) is 12.6 Å². The van der Waals surface area contributed by atoms with Crippen LogP contribution in [0, 0.1) is 11.8 Å². The largest absolute Gasteiger partial charge is 0.471 e. The van der Waals surface area contributed by atoms with Crippen molar-refractivity contribution in [3.8, 4) is 11.8 Å². The summed E-state index contributed by atoms with van der Waals surface area (Å²) in [6, 6.07) is 0. The van der Waals surface area contributed by atoms with Crippen LogP contribution in [0.5, 0.6) is 0 Å². The lowest BCUT2D eigenvalue weighted by Gasteiger charge is -2.15. The molecule has 12 heteroatoms. The molecule has 1 aliphatic heterocycles. The molecule has 3 atom stereocenters. The van der Waals surface area contributed by atoms with Crippen molar-refractivity contribution in [1.29, 1.82) is 0 Å². The van der Waals surface area contributed by atoms with Gasteiger partial charge in [-0.05, 0) is 0 Å². The zero-order valence-corrected chi connectivity index (χ0v) is 16.2. The van der Waals surface area contributed by atoms with Crippen LogP contribution in [0.3, 0.4) is 0 Å². The Kier molecular flexibility index (Phi) is 6.79. The van der Waals surface area contributed by atoms with E-state index in [1.54, 1.807) is 22.2 Å². The molecule has 0 spiro atoms. The molecule has 0 radical (unpaired) electrons. The van der Waals surface area contributed by atoms with Crippen LogP contribution in [0.2, 0.25) is 0 Å². The number of aliphatic hydroxyl groups excluding tert-OH is 1. The number of fused-ring (bicyclic) bond motifs is 1. The number of nitrogens with two attached hydrogens (primary N) is 1. The highest BCUT2D eigenvalue weighted by atomic mass is 19.4. The third kappa shape index (κ3) is 4.96. The number of nitrogen functional groups attached to an aromatic ring is 1. The minimum Gasteiger partial charge on any atom is -0.394 e. The van der Waals surface area contributed by atoms with Crippen LogP contribution in [0.4, 0.5) is 19.0 Å². The van der Waals surface area contributed by atoms with Crippen LogP contribution in [-0.4, -0.2) is 63.7 Å². The Morgan fingerprint density at radius 1 is 1.52 bits per heavy atom. The monoisotopic (exact) mass is 439 g/mol. The van der Waals surface area contributed by atoms with Gasteiger partial charge in [-0.3, -0.25) is 4.79 Å². The number of halogens is 3. The van der Waals surface area contributed by atoms with Crippen LogP contribution in [-0.2, 0) is 14.3 Å². The van der Waals surface area contributed by atoms with E-state index in [0.29, 0.717) is 29.6 Å². The topological polar surface area (TPSA) is 125 Å². The number of anilines is 1. The van der Waals surface area contributed by atoms with Crippen LogP contribution >= 0.6 is 0 Å². The molecule has 1 fully saturated rings. The molecule has 1 saturated heterocycles. The lowest BCUT2D eigenvalue weighted by atomic mass is 10.2. The molecule has 166 valence electrons. The predicted molar refractivity (Wildman–Crippen MR) is 103 cm³/mol. The number of aromatic nitrogens is 3. The molecule has 0 bridgehead atoms. The minimum atomic E-state index is -4.98. The molecular formula is C19H20F3N5O4. The second-order valence-electron chi connectivity index (χ2n) is 6.60. The molecule has 4 N–H and O–H groups in total. The lowest BCUT2D eigenvalue weighted by molar-refractivity contribution is -0.173. The summed E-state index contributed by atoms with van der Waals surface area (Å²) in [4.78, 5) is 19.0. The fourth-order valence-electron chi connectivity index (χ4n) is 3.19. The standard InChI is InChI=1S/C19H20F3N5O4/c1-2-6-30-12-7-14(31-13(12)9-28)27-8-11(15-16(23)25-10-26-17(15)27)4-3-5-24-18(29)19(20,21)22/h2,8,10,12-14,28H,1,5-7,9H2,(H,24,29)(H2,23,25,26)/t12-,13-,14-/m1/s1. The van der Waals surface area contributed by atoms with E-state index in [1.807, 2.05) is 0 Å². The third-order valence-corrected chi connectivity index (χ3v) is 4.56. The van der Waals surface area contributed by atoms with E-state index in [9.17, 15) is 23.1 Å². The number of hydrogen-bond acceptors (Lipinski definition) is 7. The number of hydrogen-bond donors (Lipinski definition) is 3. The number of aliphatic hydroxyl groups is 1. The Balaban J connectivity index is 1.86. The van der Waals surface area contributed by atoms with Gasteiger partial charge < -0.3 is 30.2 Å². The highest BCUT2D eigenvalue weighted by Crippen LogP contribution is 2.35. The first kappa shape index (κ1) is 22.5. The summed E-state index contributed by atoms with van der Waals surface area (Å²) in [7, 11) is 0. The molecule has 0 unspecified atom stereocenters. The molecule has 0 saturated carbocycles. The molecule has 0 aromatic carbocycles. The van der Waals surface area contributed by atoms with Crippen molar-refractivity contribution in [3.63, 3.8) is 0 Å². The van der Waals surface area contributed by atoms with Crippen molar-refractivity contribution in [2.24, 2.45) is 0 Å². The van der Waals surface area contributed by atoms with Crippen molar-refractivity contribution in [2.75, 3.05) is 25.5 Å². The van der Waals surface area contributed by atoms with E-state index >= 15 is 0 Å². The molecule has 1 amide bonds. The molecule has 2 aromatic heterocycles. The second kappa shape index (κ2) is 9.34. The van der Waals surface area contributed by atoms with Crippen molar-refractivity contribution in [2.45, 2.75) is 31.0 Å². The normalized spacial score (nSPS) is 21.0. The van der Waals surface area contributed by atoms with Gasteiger partial charge in [0.15, 0.2) is 0 Å². The zero-order valence-electron chi connectivity index (χ0n) is 16.2. The second-order valence-corrected chi connectivity index (χ2v) is 6.60. The number of ether oxygens (including phenoxy) is 2. The molecule has 1 aliphatic rings. The van der Waals surface area contributed by atoms with Crippen LogP contribution < -0.4 is 11.1 Å². The summed E-state index contributed by atoms with van der Waals surface area (Å²) in [6.07, 6.45) is -1.63. The van der Waals surface area contributed by atoms with Crippen molar-refractivity contribution >= 4 is 22.8 Å². The fraction of sp³-hybridized carbons (Fsp3) is 0.421. The van der Waals surface area contributed by atoms with E-state index in [0.717, 1.165) is 0 Å². The van der Waals surface area contributed by atoms with E-state index < -0.39 is 31.0 Å². The Hall–Kier alpha value is -3.14. The third-order valence-electron chi connectivity index (χ3n) is 4.56. The lowest BCUT2D eigenvalue weighted by Crippen LogP contribution is -2.36. The summed E-state index contributed by atoms with van der Waals surface area (Å²) in [6.45, 7) is 3.13. The number of nitrogens with one attached hydrogen (secondary N) is 1. The number of nitrogens with zero attached hydrogens (tertiary/aromatic N) is 3. The Morgan fingerprint density at radius 3 is 2.97 bits per heavy atom. The minimum absolute atomic E-state index is 0.128. The van der Waals surface area contributed by atoms with Gasteiger partial charge in [0.2, 0.25) is 0 Å². The van der Waals surface area contributed by atoms with E-state index in [-0.39, 0.29) is 18.5 Å². The van der Waals surface area contributed by atoms with Gasteiger partial charge in [0.25, 0.3) is 0 Å². The zero-order chi connectivity index (χ0) is 22.6. The van der Waals surface area contributed by atoms with Crippen LogP contribution in [0.15, 0.2) is 25.2 Å². The van der Waals surface area contributed by atoms with E-state index in [4.69, 9.17) is 15.2 Å². The Morgan fingerprint density at radius 2 is 2.29 bits per heavy atom. The maximum atomic E-state index is 12.3.